The monoisotopic (exact) mass is 252 g/mol. The van der Waals surface area contributed by atoms with E-state index in [1.807, 2.05) is 0 Å². The molecule has 2 N–H and O–H groups in total. The Morgan fingerprint density at radius 2 is 2.24 bits per heavy atom. The van der Waals surface area contributed by atoms with Crippen LogP contribution in [0.1, 0.15) is 25.0 Å². The number of nitrogen functional groups attached to an aromatic ring is 1. The van der Waals surface area contributed by atoms with Gasteiger partial charge in [-0.2, -0.15) is 0 Å². The third kappa shape index (κ3) is 2.61. The molecule has 0 saturated carbocycles. The zero-order valence-corrected chi connectivity index (χ0v) is 11.0. The van der Waals surface area contributed by atoms with Gasteiger partial charge in [-0.15, -0.1) is 11.3 Å². The first-order valence-corrected chi connectivity index (χ1v) is 7.35. The zero-order chi connectivity index (χ0) is 11.7. The largest absolute Gasteiger partial charge is 0.375 e. The molecule has 0 aromatic carbocycles. The van der Waals surface area contributed by atoms with E-state index in [-0.39, 0.29) is 0 Å². The Morgan fingerprint density at radius 3 is 3.06 bits per heavy atom. The molecule has 1 atom stereocenters. The van der Waals surface area contributed by atoms with Gasteiger partial charge in [-0.25, -0.2) is 4.98 Å². The van der Waals surface area contributed by atoms with Crippen LogP contribution >= 0.6 is 11.3 Å². The summed E-state index contributed by atoms with van der Waals surface area (Å²) in [6, 6.07) is 0.786. The standard InChI is InChI=1S/C12H20N4S/c13-12-14-10(9-17-12)7-15-4-2-6-16-5-1-3-11(16)8-15/h9,11H,1-8H2,(H2,13,14). The van der Waals surface area contributed by atoms with E-state index < -0.39 is 0 Å². The van der Waals surface area contributed by atoms with Crippen LogP contribution in [0.25, 0.3) is 0 Å². The van der Waals surface area contributed by atoms with E-state index in [9.17, 15) is 0 Å². The molecule has 1 aromatic heterocycles. The van der Waals surface area contributed by atoms with Gasteiger partial charge in [-0.05, 0) is 38.9 Å². The van der Waals surface area contributed by atoms with E-state index >= 15 is 0 Å². The molecule has 1 aromatic rings. The molecule has 2 aliphatic rings. The molecule has 0 aliphatic carbocycles. The zero-order valence-electron chi connectivity index (χ0n) is 10.1. The predicted octanol–water partition coefficient (Wildman–Crippen LogP) is 1.40. The number of rotatable bonds is 2. The van der Waals surface area contributed by atoms with Crippen LogP contribution in [0.4, 0.5) is 5.13 Å². The Bertz CT molecular complexity index is 378. The number of nitrogens with zero attached hydrogens (tertiary/aromatic N) is 3. The number of fused-ring (bicyclic) bond motifs is 1. The fourth-order valence-corrected chi connectivity index (χ4v) is 3.60. The number of nitrogens with two attached hydrogens (primary N) is 1. The summed E-state index contributed by atoms with van der Waals surface area (Å²) in [5.41, 5.74) is 6.82. The van der Waals surface area contributed by atoms with Crippen molar-refractivity contribution >= 4 is 16.5 Å². The van der Waals surface area contributed by atoms with E-state index in [1.54, 1.807) is 11.3 Å². The average Bonchev–Trinajstić information content (AvgIpc) is 2.85. The number of thiazole rings is 1. The molecule has 94 valence electrons. The minimum atomic E-state index is 0.692. The van der Waals surface area contributed by atoms with Crippen LogP contribution in [0.2, 0.25) is 0 Å². The minimum Gasteiger partial charge on any atom is -0.375 e. The fourth-order valence-electron chi connectivity index (χ4n) is 3.05. The van der Waals surface area contributed by atoms with Gasteiger partial charge in [-0.1, -0.05) is 0 Å². The molecule has 3 heterocycles. The molecule has 2 saturated heterocycles. The van der Waals surface area contributed by atoms with Crippen molar-refractivity contribution in [1.82, 2.24) is 14.8 Å². The Labute approximate surface area is 106 Å². The predicted molar refractivity (Wildman–Crippen MR) is 71.0 cm³/mol. The van der Waals surface area contributed by atoms with Crippen molar-refractivity contribution in [2.75, 3.05) is 31.9 Å². The highest BCUT2D eigenvalue weighted by atomic mass is 32.1. The van der Waals surface area contributed by atoms with Crippen molar-refractivity contribution in [2.45, 2.75) is 31.8 Å². The lowest BCUT2D eigenvalue weighted by Gasteiger charge is -2.24. The van der Waals surface area contributed by atoms with Gasteiger partial charge in [0.1, 0.15) is 0 Å². The van der Waals surface area contributed by atoms with Crippen LogP contribution in [0.3, 0.4) is 0 Å². The van der Waals surface area contributed by atoms with Gasteiger partial charge in [0, 0.05) is 24.5 Å². The maximum absolute atomic E-state index is 5.68. The molecule has 0 radical (unpaired) electrons. The lowest BCUT2D eigenvalue weighted by molar-refractivity contribution is 0.214. The van der Waals surface area contributed by atoms with Crippen LogP contribution in [-0.2, 0) is 6.54 Å². The highest BCUT2D eigenvalue weighted by Crippen LogP contribution is 2.22. The van der Waals surface area contributed by atoms with Gasteiger partial charge < -0.3 is 5.73 Å². The van der Waals surface area contributed by atoms with Crippen molar-refractivity contribution in [3.05, 3.63) is 11.1 Å². The molecule has 17 heavy (non-hydrogen) atoms. The summed E-state index contributed by atoms with van der Waals surface area (Å²) in [4.78, 5) is 9.57. The minimum absolute atomic E-state index is 0.692. The molecule has 1 unspecified atom stereocenters. The Morgan fingerprint density at radius 1 is 1.35 bits per heavy atom. The SMILES string of the molecule is Nc1nc(CN2CCCN3CCCC3C2)cs1. The summed E-state index contributed by atoms with van der Waals surface area (Å²) in [6.45, 7) is 5.96. The molecule has 4 nitrogen and oxygen atoms in total. The summed E-state index contributed by atoms with van der Waals surface area (Å²) in [5, 5.41) is 2.78. The third-order valence-electron chi connectivity index (χ3n) is 3.84. The molecule has 0 bridgehead atoms. The number of anilines is 1. The maximum atomic E-state index is 5.68. The van der Waals surface area contributed by atoms with Gasteiger partial charge in [0.25, 0.3) is 0 Å². The van der Waals surface area contributed by atoms with Crippen molar-refractivity contribution in [3.8, 4) is 0 Å². The Hall–Kier alpha value is -0.650. The molecule has 3 rings (SSSR count). The Kier molecular flexibility index (Phi) is 3.31. The van der Waals surface area contributed by atoms with E-state index in [0.717, 1.165) is 18.3 Å². The number of aromatic nitrogens is 1. The highest BCUT2D eigenvalue weighted by molar-refractivity contribution is 7.13. The first-order valence-electron chi connectivity index (χ1n) is 6.47. The van der Waals surface area contributed by atoms with Crippen molar-refractivity contribution < 1.29 is 0 Å². The summed E-state index contributed by atoms with van der Waals surface area (Å²) in [7, 11) is 0. The molecular formula is C12H20N4S. The van der Waals surface area contributed by atoms with Gasteiger partial charge in [0.15, 0.2) is 5.13 Å². The molecule has 2 fully saturated rings. The average molecular weight is 252 g/mol. The van der Waals surface area contributed by atoms with Crippen molar-refractivity contribution in [1.29, 1.82) is 0 Å². The topological polar surface area (TPSA) is 45.4 Å². The number of hydrogen-bond acceptors (Lipinski definition) is 5. The second kappa shape index (κ2) is 4.92. The molecule has 2 aliphatic heterocycles. The summed E-state index contributed by atoms with van der Waals surface area (Å²) >= 11 is 1.55. The van der Waals surface area contributed by atoms with E-state index in [4.69, 9.17) is 5.73 Å². The fraction of sp³-hybridized carbons (Fsp3) is 0.750. The Balaban J connectivity index is 1.63. The third-order valence-corrected chi connectivity index (χ3v) is 4.57. The van der Waals surface area contributed by atoms with Crippen LogP contribution in [0, 0.1) is 0 Å². The van der Waals surface area contributed by atoms with Crippen LogP contribution in [-0.4, -0.2) is 47.0 Å². The van der Waals surface area contributed by atoms with Crippen LogP contribution < -0.4 is 5.73 Å². The van der Waals surface area contributed by atoms with Gasteiger partial charge in [-0.3, -0.25) is 9.80 Å². The quantitative estimate of drug-likeness (QED) is 0.864. The normalized spacial score (nSPS) is 26.9. The molecular weight excluding hydrogens is 232 g/mol. The second-order valence-electron chi connectivity index (χ2n) is 5.10. The second-order valence-corrected chi connectivity index (χ2v) is 5.99. The van der Waals surface area contributed by atoms with E-state index in [0.29, 0.717) is 5.13 Å². The van der Waals surface area contributed by atoms with E-state index in [2.05, 4.69) is 20.2 Å². The molecule has 0 amide bonds. The van der Waals surface area contributed by atoms with Gasteiger partial charge >= 0.3 is 0 Å². The highest BCUT2D eigenvalue weighted by Gasteiger charge is 2.28. The lowest BCUT2D eigenvalue weighted by atomic mass is 10.2. The molecule has 0 spiro atoms. The van der Waals surface area contributed by atoms with Crippen molar-refractivity contribution in [3.63, 3.8) is 0 Å². The lowest BCUT2D eigenvalue weighted by Crippen LogP contribution is -2.36. The first-order chi connectivity index (χ1) is 8.31. The molecule has 5 heteroatoms. The van der Waals surface area contributed by atoms with Crippen molar-refractivity contribution in [2.24, 2.45) is 0 Å². The summed E-state index contributed by atoms with van der Waals surface area (Å²) in [5.74, 6) is 0. The van der Waals surface area contributed by atoms with Crippen LogP contribution in [0.5, 0.6) is 0 Å². The van der Waals surface area contributed by atoms with E-state index in [1.165, 1.54) is 45.4 Å². The number of hydrogen-bond donors (Lipinski definition) is 1. The summed E-state index contributed by atoms with van der Waals surface area (Å²) < 4.78 is 0. The van der Waals surface area contributed by atoms with Gasteiger partial charge in [0.05, 0.1) is 5.69 Å². The van der Waals surface area contributed by atoms with Gasteiger partial charge in [0.2, 0.25) is 0 Å². The maximum Gasteiger partial charge on any atom is 0.180 e. The smallest absolute Gasteiger partial charge is 0.180 e. The first kappa shape index (κ1) is 11.4. The van der Waals surface area contributed by atoms with Crippen LogP contribution in [0.15, 0.2) is 5.38 Å². The summed E-state index contributed by atoms with van der Waals surface area (Å²) in [6.07, 6.45) is 4.04.